The molecule has 2 bridgehead atoms. The van der Waals surface area contributed by atoms with E-state index in [1.807, 2.05) is 16.7 Å². The Morgan fingerprint density at radius 2 is 2.24 bits per heavy atom. The standard InChI is InChI=1S/C16H18N2O3/c1-2-6-21-16(20)11-17-8-12-7-13(10-17)14-4-3-5-15(19)18(14)9-12/h1,3-5,12-13H,6-11H2/t12-,13+/m0/s1. The molecule has 0 aliphatic carbocycles. The summed E-state index contributed by atoms with van der Waals surface area (Å²) in [5.74, 6) is 2.74. The van der Waals surface area contributed by atoms with Crippen molar-refractivity contribution in [2.45, 2.75) is 18.9 Å². The maximum atomic E-state index is 11.9. The van der Waals surface area contributed by atoms with Crippen molar-refractivity contribution < 1.29 is 9.53 Å². The lowest BCUT2D eigenvalue weighted by molar-refractivity contribution is -0.144. The summed E-state index contributed by atoms with van der Waals surface area (Å²) in [6.45, 7) is 2.64. The molecule has 2 aliphatic heterocycles. The van der Waals surface area contributed by atoms with Crippen molar-refractivity contribution in [3.05, 3.63) is 34.2 Å². The molecule has 5 heteroatoms. The summed E-state index contributed by atoms with van der Waals surface area (Å²) in [5, 5.41) is 0. The first kappa shape index (κ1) is 13.9. The van der Waals surface area contributed by atoms with Gasteiger partial charge in [-0.25, -0.2) is 0 Å². The topological polar surface area (TPSA) is 51.5 Å². The predicted molar refractivity (Wildman–Crippen MR) is 77.8 cm³/mol. The molecule has 0 unspecified atom stereocenters. The van der Waals surface area contributed by atoms with Crippen LogP contribution in [0.15, 0.2) is 23.0 Å². The smallest absolute Gasteiger partial charge is 0.321 e. The van der Waals surface area contributed by atoms with E-state index in [0.29, 0.717) is 11.8 Å². The first-order chi connectivity index (χ1) is 10.2. The SMILES string of the molecule is C#CCOC(=O)CN1C[C@@H]2C[C@H](C1)c1cccc(=O)n1C2. The van der Waals surface area contributed by atoms with Crippen LogP contribution in [-0.4, -0.2) is 41.7 Å². The average molecular weight is 286 g/mol. The minimum absolute atomic E-state index is 0.0256. The maximum Gasteiger partial charge on any atom is 0.321 e. The van der Waals surface area contributed by atoms with Crippen molar-refractivity contribution in [1.82, 2.24) is 9.47 Å². The molecule has 2 aliphatic rings. The van der Waals surface area contributed by atoms with Gasteiger partial charge in [-0.3, -0.25) is 14.5 Å². The van der Waals surface area contributed by atoms with Crippen LogP contribution in [-0.2, 0) is 16.1 Å². The van der Waals surface area contributed by atoms with Crippen LogP contribution in [0.2, 0.25) is 0 Å². The van der Waals surface area contributed by atoms with Crippen molar-refractivity contribution in [2.24, 2.45) is 5.92 Å². The summed E-state index contributed by atoms with van der Waals surface area (Å²) in [6, 6.07) is 5.44. The van der Waals surface area contributed by atoms with Gasteiger partial charge in [-0.2, -0.15) is 0 Å². The van der Waals surface area contributed by atoms with Crippen LogP contribution in [0.25, 0.3) is 0 Å². The van der Waals surface area contributed by atoms with Gasteiger partial charge in [0.05, 0.1) is 6.54 Å². The Morgan fingerprint density at radius 1 is 1.38 bits per heavy atom. The van der Waals surface area contributed by atoms with Gasteiger partial charge >= 0.3 is 5.97 Å². The molecule has 1 fully saturated rings. The van der Waals surface area contributed by atoms with Crippen LogP contribution >= 0.6 is 0 Å². The third-order valence-corrected chi connectivity index (χ3v) is 4.22. The molecule has 1 aromatic heterocycles. The number of carbonyl (C=O) groups excluding carboxylic acids is 1. The minimum atomic E-state index is -0.279. The van der Waals surface area contributed by atoms with Crippen LogP contribution in [0, 0.1) is 18.3 Å². The van der Waals surface area contributed by atoms with Gasteiger partial charge in [0.2, 0.25) is 0 Å². The normalized spacial score (nSPS) is 24.0. The fourth-order valence-electron chi connectivity index (χ4n) is 3.48. The van der Waals surface area contributed by atoms with E-state index in [1.165, 1.54) is 0 Å². The molecule has 2 atom stereocenters. The van der Waals surface area contributed by atoms with Crippen LogP contribution < -0.4 is 5.56 Å². The zero-order valence-corrected chi connectivity index (χ0v) is 11.8. The summed E-state index contributed by atoms with van der Waals surface area (Å²) in [7, 11) is 0. The quantitative estimate of drug-likeness (QED) is 0.598. The number of aromatic nitrogens is 1. The van der Waals surface area contributed by atoms with E-state index in [-0.39, 0.29) is 24.7 Å². The zero-order chi connectivity index (χ0) is 14.8. The van der Waals surface area contributed by atoms with Gasteiger partial charge in [-0.05, 0) is 18.4 Å². The molecule has 21 heavy (non-hydrogen) atoms. The first-order valence-corrected chi connectivity index (χ1v) is 7.18. The third kappa shape index (κ3) is 2.86. The Morgan fingerprint density at radius 3 is 3.05 bits per heavy atom. The Kier molecular flexibility index (Phi) is 3.80. The van der Waals surface area contributed by atoms with E-state index >= 15 is 0 Å². The van der Waals surface area contributed by atoms with E-state index in [1.54, 1.807) is 6.07 Å². The van der Waals surface area contributed by atoms with E-state index in [0.717, 1.165) is 31.7 Å². The van der Waals surface area contributed by atoms with Gasteiger partial charge in [0.1, 0.15) is 0 Å². The number of rotatable bonds is 3. The van der Waals surface area contributed by atoms with Gasteiger partial charge in [0.15, 0.2) is 6.61 Å². The molecule has 110 valence electrons. The fraction of sp³-hybridized carbons (Fsp3) is 0.500. The molecule has 3 heterocycles. The van der Waals surface area contributed by atoms with Crippen molar-refractivity contribution in [3.8, 4) is 12.3 Å². The summed E-state index contributed by atoms with van der Waals surface area (Å²) < 4.78 is 6.81. The summed E-state index contributed by atoms with van der Waals surface area (Å²) >= 11 is 0. The number of hydrogen-bond acceptors (Lipinski definition) is 4. The Bertz CT molecular complexity index is 644. The third-order valence-electron chi connectivity index (χ3n) is 4.22. The number of pyridine rings is 1. The lowest BCUT2D eigenvalue weighted by Crippen LogP contribution is -2.48. The molecular formula is C16H18N2O3. The Labute approximate surface area is 123 Å². The number of carbonyl (C=O) groups is 1. The number of nitrogens with zero attached hydrogens (tertiary/aromatic N) is 2. The van der Waals surface area contributed by atoms with E-state index in [2.05, 4.69) is 10.8 Å². The van der Waals surface area contributed by atoms with Crippen LogP contribution in [0.3, 0.4) is 0 Å². The Balaban J connectivity index is 1.72. The predicted octanol–water partition coefficient (Wildman–Crippen LogP) is 0.444. The number of esters is 1. The van der Waals surface area contributed by atoms with Gasteiger partial charge in [-0.15, -0.1) is 6.42 Å². The lowest BCUT2D eigenvalue weighted by atomic mass is 9.83. The number of fused-ring (bicyclic) bond motifs is 4. The second kappa shape index (κ2) is 5.74. The molecule has 0 spiro atoms. The maximum absolute atomic E-state index is 11.9. The number of piperidine rings is 1. The Hall–Kier alpha value is -2.06. The van der Waals surface area contributed by atoms with Gasteiger partial charge < -0.3 is 9.30 Å². The second-order valence-electron chi connectivity index (χ2n) is 5.76. The van der Waals surface area contributed by atoms with Crippen LogP contribution in [0.5, 0.6) is 0 Å². The molecular weight excluding hydrogens is 268 g/mol. The van der Waals surface area contributed by atoms with E-state index in [4.69, 9.17) is 11.2 Å². The first-order valence-electron chi connectivity index (χ1n) is 7.18. The second-order valence-corrected chi connectivity index (χ2v) is 5.76. The number of likely N-dealkylation sites (tertiary alicyclic amines) is 1. The monoisotopic (exact) mass is 286 g/mol. The fourth-order valence-corrected chi connectivity index (χ4v) is 3.48. The zero-order valence-electron chi connectivity index (χ0n) is 11.8. The number of hydrogen-bond donors (Lipinski definition) is 0. The highest BCUT2D eigenvalue weighted by molar-refractivity contribution is 5.71. The summed E-state index contributed by atoms with van der Waals surface area (Å²) in [5.41, 5.74) is 1.16. The summed E-state index contributed by atoms with van der Waals surface area (Å²) in [4.78, 5) is 25.7. The highest BCUT2D eigenvalue weighted by Gasteiger charge is 2.35. The summed E-state index contributed by atoms with van der Waals surface area (Å²) in [6.07, 6.45) is 6.16. The highest BCUT2D eigenvalue weighted by atomic mass is 16.5. The van der Waals surface area contributed by atoms with Gasteiger partial charge in [0.25, 0.3) is 5.56 Å². The molecule has 1 saturated heterocycles. The van der Waals surface area contributed by atoms with Crippen molar-refractivity contribution in [2.75, 3.05) is 26.2 Å². The molecule has 0 N–H and O–H groups in total. The van der Waals surface area contributed by atoms with Crippen LogP contribution in [0.1, 0.15) is 18.0 Å². The lowest BCUT2D eigenvalue weighted by Gasteiger charge is -2.42. The van der Waals surface area contributed by atoms with E-state index in [9.17, 15) is 9.59 Å². The average Bonchev–Trinajstić information content (AvgIpc) is 2.46. The number of ether oxygens (including phenoxy) is 1. The van der Waals surface area contributed by atoms with Crippen molar-refractivity contribution >= 4 is 5.97 Å². The van der Waals surface area contributed by atoms with Crippen LogP contribution in [0.4, 0.5) is 0 Å². The van der Waals surface area contributed by atoms with E-state index < -0.39 is 0 Å². The molecule has 0 saturated carbocycles. The largest absolute Gasteiger partial charge is 0.452 e. The highest BCUT2D eigenvalue weighted by Crippen LogP contribution is 2.34. The van der Waals surface area contributed by atoms with Crippen molar-refractivity contribution in [3.63, 3.8) is 0 Å². The molecule has 0 aromatic carbocycles. The van der Waals surface area contributed by atoms with Gasteiger partial charge in [0, 0.05) is 37.3 Å². The molecule has 5 nitrogen and oxygen atoms in total. The molecule has 1 aromatic rings. The molecule has 0 amide bonds. The van der Waals surface area contributed by atoms with Gasteiger partial charge in [-0.1, -0.05) is 12.0 Å². The molecule has 3 rings (SSSR count). The molecule has 0 radical (unpaired) electrons. The minimum Gasteiger partial charge on any atom is -0.452 e. The van der Waals surface area contributed by atoms with Crippen molar-refractivity contribution in [1.29, 1.82) is 0 Å². The number of terminal acetylenes is 1.